The fourth-order valence-electron chi connectivity index (χ4n) is 4.58. The number of aliphatic hydroxyl groups excluding tert-OH is 1. The van der Waals surface area contributed by atoms with Gasteiger partial charge >= 0.3 is 0 Å². The Morgan fingerprint density at radius 2 is 1.82 bits per heavy atom. The molecular weight excluding hydrogens is 432 g/mol. The van der Waals surface area contributed by atoms with Gasteiger partial charge in [-0.1, -0.05) is 12.1 Å². The molecule has 0 unspecified atom stereocenters. The molecule has 0 spiro atoms. The number of phenols is 2. The Kier molecular flexibility index (Phi) is 5.61. The van der Waals surface area contributed by atoms with Gasteiger partial charge in [-0.15, -0.1) is 0 Å². The molecule has 0 aromatic heterocycles. The highest BCUT2D eigenvalue weighted by atomic mass is 16.5. The Balaban J connectivity index is 1.86. The van der Waals surface area contributed by atoms with E-state index in [1.165, 1.54) is 25.3 Å². The van der Waals surface area contributed by atoms with Gasteiger partial charge in [0.05, 0.1) is 29.9 Å². The number of hydrogen-bond acceptors (Lipinski definition) is 9. The lowest BCUT2D eigenvalue weighted by Crippen LogP contribution is -2.52. The van der Waals surface area contributed by atoms with Crippen molar-refractivity contribution in [2.75, 3.05) is 27.2 Å². The van der Waals surface area contributed by atoms with Crippen LogP contribution in [0.2, 0.25) is 0 Å². The molecule has 0 heterocycles. The second-order valence-corrected chi connectivity index (χ2v) is 8.17. The number of carbonyl (C=O) groups is 3. The van der Waals surface area contributed by atoms with Gasteiger partial charge in [-0.3, -0.25) is 14.4 Å². The average Bonchev–Trinajstić information content (AvgIpc) is 2.78. The quantitative estimate of drug-likeness (QED) is 0.228. The van der Waals surface area contributed by atoms with Gasteiger partial charge < -0.3 is 35.8 Å². The number of hydrogen-bond donors (Lipinski definition) is 6. The molecule has 1 amide bonds. The van der Waals surface area contributed by atoms with E-state index in [9.17, 15) is 34.8 Å². The first-order chi connectivity index (χ1) is 15.7. The first-order valence-corrected chi connectivity index (χ1v) is 10.4. The van der Waals surface area contributed by atoms with Crippen molar-refractivity contribution < 1.29 is 39.5 Å². The van der Waals surface area contributed by atoms with Crippen LogP contribution in [0.15, 0.2) is 18.2 Å². The number of carbonyl (C=O) groups excluding carboxylic acids is 3. The van der Waals surface area contributed by atoms with E-state index in [-0.39, 0.29) is 34.5 Å². The maximum absolute atomic E-state index is 13.3. The highest BCUT2D eigenvalue weighted by molar-refractivity contribution is 6.31. The smallest absolute Gasteiger partial charge is 0.252 e. The molecule has 10 heteroatoms. The number of amides is 1. The first-order valence-electron chi connectivity index (χ1n) is 10.4. The fourth-order valence-corrected chi connectivity index (χ4v) is 4.58. The van der Waals surface area contributed by atoms with Gasteiger partial charge in [0.15, 0.2) is 5.78 Å². The largest absolute Gasteiger partial charge is 0.507 e. The number of benzene rings is 2. The summed E-state index contributed by atoms with van der Waals surface area (Å²) in [5.41, 5.74) is -3.42. The molecule has 0 saturated carbocycles. The molecule has 174 valence electrons. The van der Waals surface area contributed by atoms with E-state index < -0.39 is 64.6 Å². The van der Waals surface area contributed by atoms with Crippen LogP contribution in [0.25, 0.3) is 0 Å². The molecule has 6 N–H and O–H groups in total. The number of phenolic OH excluding ortho intramolecular Hbond substituents is 2. The summed E-state index contributed by atoms with van der Waals surface area (Å²) in [7, 11) is 3.02. The zero-order valence-electron chi connectivity index (χ0n) is 18.1. The molecule has 10 nitrogen and oxygen atoms in total. The van der Waals surface area contributed by atoms with Gasteiger partial charge in [-0.2, -0.15) is 0 Å². The Morgan fingerprint density at radius 3 is 2.48 bits per heavy atom. The summed E-state index contributed by atoms with van der Waals surface area (Å²) in [6, 6.07) is 4.41. The minimum Gasteiger partial charge on any atom is -0.507 e. The molecule has 0 aliphatic heterocycles. The van der Waals surface area contributed by atoms with Crippen molar-refractivity contribution in [3.63, 3.8) is 0 Å². The van der Waals surface area contributed by atoms with Crippen molar-refractivity contribution in [1.82, 2.24) is 10.6 Å². The number of fused-ring (bicyclic) bond motifs is 3. The van der Waals surface area contributed by atoms with Crippen LogP contribution in [0, 0.1) is 0 Å². The van der Waals surface area contributed by atoms with E-state index in [0.29, 0.717) is 6.54 Å². The van der Waals surface area contributed by atoms with Crippen molar-refractivity contribution in [2.45, 2.75) is 24.5 Å². The van der Waals surface area contributed by atoms with Gasteiger partial charge in [0, 0.05) is 42.6 Å². The zero-order chi connectivity index (χ0) is 24.1. The predicted molar refractivity (Wildman–Crippen MR) is 115 cm³/mol. The molecule has 33 heavy (non-hydrogen) atoms. The minimum absolute atomic E-state index is 0.0158. The second kappa shape index (κ2) is 8.14. The number of methoxy groups -OCH3 is 1. The lowest BCUT2D eigenvalue weighted by Gasteiger charge is -2.37. The number of ketones is 2. The number of nitrogens with one attached hydrogen (secondary N) is 2. The third-order valence-corrected chi connectivity index (χ3v) is 6.18. The third-order valence-electron chi connectivity index (χ3n) is 6.18. The predicted octanol–water partition coefficient (Wildman–Crippen LogP) is -0.0719. The maximum atomic E-state index is 13.3. The van der Waals surface area contributed by atoms with Crippen molar-refractivity contribution in [3.05, 3.63) is 51.6 Å². The average molecular weight is 456 g/mol. The molecule has 0 saturated heterocycles. The van der Waals surface area contributed by atoms with Gasteiger partial charge in [0.25, 0.3) is 5.91 Å². The molecule has 2 atom stereocenters. The standard InChI is InChI=1S/C23H24N2O8/c1-24-6-7-25-22(31)23(32)8-11-14(12(26)9-23)20(29)17-16(19(11)28)18(27)10-4-3-5-13(33-2)15(10)21(17)30/h3-5,12,24,26,28-29,32H,6-9H2,1-2H3,(H,25,31)/t12-,23-/m0/s1. The number of ether oxygens (including phenoxy) is 1. The summed E-state index contributed by atoms with van der Waals surface area (Å²) < 4.78 is 5.20. The van der Waals surface area contributed by atoms with Crippen LogP contribution >= 0.6 is 0 Å². The third kappa shape index (κ3) is 3.34. The summed E-state index contributed by atoms with van der Waals surface area (Å²) in [5, 5.41) is 49.0. The summed E-state index contributed by atoms with van der Waals surface area (Å²) in [6.45, 7) is 0.660. The summed E-state index contributed by atoms with van der Waals surface area (Å²) in [4.78, 5) is 39.1. The Hall–Kier alpha value is -3.47. The topological polar surface area (TPSA) is 165 Å². The molecule has 0 fully saturated rings. The first kappa shape index (κ1) is 22.7. The molecule has 0 bridgehead atoms. The SMILES string of the molecule is CNCCNC(=O)[C@]1(O)Cc2c(O)c3c(c(O)c2[C@@H](O)C1)C(=O)c1c(OC)cccc1C3=O. The Labute approximate surface area is 188 Å². The molecule has 0 radical (unpaired) electrons. The van der Waals surface area contributed by atoms with Gasteiger partial charge in [0.1, 0.15) is 22.8 Å². The highest BCUT2D eigenvalue weighted by Gasteiger charge is 2.48. The molecule has 2 aromatic carbocycles. The van der Waals surface area contributed by atoms with Crippen molar-refractivity contribution in [1.29, 1.82) is 0 Å². The molecule has 2 aromatic rings. The van der Waals surface area contributed by atoms with E-state index in [2.05, 4.69) is 10.6 Å². The molecule has 4 rings (SSSR count). The fraction of sp³-hybridized carbons (Fsp3) is 0.348. The van der Waals surface area contributed by atoms with Crippen LogP contribution in [0.4, 0.5) is 0 Å². The van der Waals surface area contributed by atoms with E-state index >= 15 is 0 Å². The van der Waals surface area contributed by atoms with E-state index in [1.807, 2.05) is 0 Å². The number of rotatable bonds is 5. The summed E-state index contributed by atoms with van der Waals surface area (Å²) in [5.74, 6) is -3.44. The van der Waals surface area contributed by atoms with Gasteiger partial charge in [-0.05, 0) is 13.1 Å². The van der Waals surface area contributed by atoms with Gasteiger partial charge in [-0.25, -0.2) is 0 Å². The van der Waals surface area contributed by atoms with E-state index in [1.54, 1.807) is 7.05 Å². The number of aromatic hydroxyl groups is 2. The van der Waals surface area contributed by atoms with E-state index in [0.717, 1.165) is 0 Å². The van der Waals surface area contributed by atoms with E-state index in [4.69, 9.17) is 4.74 Å². The highest BCUT2D eigenvalue weighted by Crippen LogP contribution is 2.50. The molecule has 2 aliphatic rings. The van der Waals surface area contributed by atoms with Crippen LogP contribution < -0.4 is 15.4 Å². The Morgan fingerprint density at radius 1 is 1.12 bits per heavy atom. The summed E-state index contributed by atoms with van der Waals surface area (Å²) >= 11 is 0. The van der Waals surface area contributed by atoms with Crippen LogP contribution in [-0.2, 0) is 11.2 Å². The van der Waals surface area contributed by atoms with Crippen LogP contribution in [-0.4, -0.2) is 70.7 Å². The van der Waals surface area contributed by atoms with Gasteiger partial charge in [0.2, 0.25) is 5.78 Å². The van der Waals surface area contributed by atoms with Crippen LogP contribution in [0.3, 0.4) is 0 Å². The lowest BCUT2D eigenvalue weighted by atomic mass is 9.72. The van der Waals surface area contributed by atoms with Crippen LogP contribution in [0.1, 0.15) is 55.5 Å². The van der Waals surface area contributed by atoms with Crippen LogP contribution in [0.5, 0.6) is 17.2 Å². The molecular formula is C23H24N2O8. The summed E-state index contributed by atoms with van der Waals surface area (Å²) in [6.07, 6.45) is -2.52. The van der Waals surface area contributed by atoms with Crippen molar-refractivity contribution in [2.24, 2.45) is 0 Å². The normalized spacial score (nSPS) is 21.2. The van der Waals surface area contributed by atoms with Crippen molar-refractivity contribution >= 4 is 17.5 Å². The monoisotopic (exact) mass is 456 g/mol. The van der Waals surface area contributed by atoms with Crippen molar-refractivity contribution in [3.8, 4) is 17.2 Å². The number of likely N-dealkylation sites (N-methyl/N-ethyl adjacent to an activating group) is 1. The zero-order valence-corrected chi connectivity index (χ0v) is 18.1. The molecule has 2 aliphatic carbocycles. The minimum atomic E-state index is -2.10. The lowest BCUT2D eigenvalue weighted by molar-refractivity contribution is -0.144. The maximum Gasteiger partial charge on any atom is 0.252 e. The Bertz CT molecular complexity index is 1190. The second-order valence-electron chi connectivity index (χ2n) is 8.17. The number of aliphatic hydroxyl groups is 2.